The Bertz CT molecular complexity index is 1060. The highest BCUT2D eigenvalue weighted by Gasteiger charge is 2.14. The minimum atomic E-state index is -0.428. The maximum Gasteiger partial charge on any atom is 0.266 e. The lowest BCUT2D eigenvalue weighted by atomic mass is 10.1. The molecular weight excluding hydrogens is 350 g/mol. The number of ether oxygens (including phenoxy) is 1. The summed E-state index contributed by atoms with van der Waals surface area (Å²) in [5.41, 5.74) is 4.48. The fourth-order valence-electron chi connectivity index (χ4n) is 3.09. The van der Waals surface area contributed by atoms with Crippen LogP contribution in [0.5, 0.6) is 5.75 Å². The molecule has 1 aromatic heterocycles. The Morgan fingerprint density at radius 3 is 2.39 bits per heavy atom. The van der Waals surface area contributed by atoms with E-state index < -0.39 is 5.91 Å². The number of para-hydroxylation sites is 1. The van der Waals surface area contributed by atoms with Crippen LogP contribution in [0.4, 0.5) is 5.69 Å². The molecule has 0 spiro atoms. The Balaban J connectivity index is 1.92. The zero-order chi connectivity index (χ0) is 20.1. The van der Waals surface area contributed by atoms with Gasteiger partial charge in [-0.2, -0.15) is 5.26 Å². The van der Waals surface area contributed by atoms with E-state index in [4.69, 9.17) is 4.74 Å². The van der Waals surface area contributed by atoms with Crippen LogP contribution in [0.15, 0.2) is 66.2 Å². The van der Waals surface area contributed by atoms with Gasteiger partial charge in [-0.15, -0.1) is 0 Å². The number of hydrogen-bond acceptors (Lipinski definition) is 3. The number of carbonyl (C=O) groups excluding carboxylic acids is 1. The first-order valence-corrected chi connectivity index (χ1v) is 8.85. The fourth-order valence-corrected chi connectivity index (χ4v) is 3.09. The Hall–Kier alpha value is -3.78. The molecular formula is C23H21N3O2. The standard InChI is InChI=1S/C23H21N3O2/c1-16-13-18(17(2)26(16)21-9-11-22(28-3)12-10-21)14-19(15-24)23(27)25-20-7-5-4-6-8-20/h4-14H,1-3H3,(H,25,27)/b19-14-. The summed E-state index contributed by atoms with van der Waals surface area (Å²) in [5, 5.41) is 12.2. The molecule has 5 nitrogen and oxygen atoms in total. The lowest BCUT2D eigenvalue weighted by Crippen LogP contribution is -2.13. The highest BCUT2D eigenvalue weighted by Crippen LogP contribution is 2.24. The molecule has 28 heavy (non-hydrogen) atoms. The Morgan fingerprint density at radius 2 is 1.79 bits per heavy atom. The van der Waals surface area contributed by atoms with Gasteiger partial charge in [0.1, 0.15) is 17.4 Å². The lowest BCUT2D eigenvalue weighted by molar-refractivity contribution is -0.112. The zero-order valence-corrected chi connectivity index (χ0v) is 16.1. The first-order chi connectivity index (χ1) is 13.5. The van der Waals surface area contributed by atoms with E-state index in [2.05, 4.69) is 9.88 Å². The first-order valence-electron chi connectivity index (χ1n) is 8.85. The Kier molecular flexibility index (Phi) is 5.61. The second kappa shape index (κ2) is 8.28. The zero-order valence-electron chi connectivity index (χ0n) is 16.1. The molecule has 3 rings (SSSR count). The molecule has 140 valence electrons. The molecule has 0 aliphatic heterocycles. The minimum absolute atomic E-state index is 0.0545. The van der Waals surface area contributed by atoms with Gasteiger partial charge in [-0.3, -0.25) is 4.79 Å². The van der Waals surface area contributed by atoms with Crippen molar-refractivity contribution in [2.45, 2.75) is 13.8 Å². The quantitative estimate of drug-likeness (QED) is 0.524. The van der Waals surface area contributed by atoms with Crippen molar-refractivity contribution in [1.29, 1.82) is 5.26 Å². The molecule has 0 fully saturated rings. The lowest BCUT2D eigenvalue weighted by Gasteiger charge is -2.10. The van der Waals surface area contributed by atoms with Crippen LogP contribution in [0.25, 0.3) is 11.8 Å². The predicted octanol–water partition coefficient (Wildman–Crippen LogP) is 4.65. The van der Waals surface area contributed by atoms with Gasteiger partial charge in [-0.1, -0.05) is 18.2 Å². The van der Waals surface area contributed by atoms with E-state index in [0.29, 0.717) is 5.69 Å². The van der Waals surface area contributed by atoms with Crippen LogP contribution in [0, 0.1) is 25.2 Å². The number of hydrogen-bond donors (Lipinski definition) is 1. The molecule has 0 saturated carbocycles. The Morgan fingerprint density at radius 1 is 1.11 bits per heavy atom. The highest BCUT2D eigenvalue weighted by atomic mass is 16.5. The average Bonchev–Trinajstić information content (AvgIpc) is 3.00. The summed E-state index contributed by atoms with van der Waals surface area (Å²) in [5.74, 6) is 0.360. The van der Waals surface area contributed by atoms with E-state index in [9.17, 15) is 10.1 Å². The number of nitrogens with zero attached hydrogens (tertiary/aromatic N) is 2. The van der Waals surface area contributed by atoms with Crippen LogP contribution in [-0.2, 0) is 4.79 Å². The summed E-state index contributed by atoms with van der Waals surface area (Å²) in [6, 6.07) is 20.8. The summed E-state index contributed by atoms with van der Waals surface area (Å²) in [6.45, 7) is 3.96. The number of anilines is 1. The van der Waals surface area contributed by atoms with E-state index in [1.807, 2.05) is 68.4 Å². The van der Waals surface area contributed by atoms with Crippen molar-refractivity contribution in [3.8, 4) is 17.5 Å². The van der Waals surface area contributed by atoms with Gasteiger partial charge >= 0.3 is 0 Å². The summed E-state index contributed by atoms with van der Waals surface area (Å²) in [4.78, 5) is 12.5. The van der Waals surface area contributed by atoms with Crippen molar-refractivity contribution in [2.75, 3.05) is 12.4 Å². The van der Waals surface area contributed by atoms with Crippen LogP contribution in [0.3, 0.4) is 0 Å². The van der Waals surface area contributed by atoms with Gasteiger partial charge in [0.15, 0.2) is 0 Å². The largest absolute Gasteiger partial charge is 0.497 e. The summed E-state index contributed by atoms with van der Waals surface area (Å²) in [7, 11) is 1.63. The van der Waals surface area contributed by atoms with Gasteiger partial charge in [0.2, 0.25) is 0 Å². The normalized spacial score (nSPS) is 11.0. The van der Waals surface area contributed by atoms with Gasteiger partial charge in [0.05, 0.1) is 7.11 Å². The third-order valence-corrected chi connectivity index (χ3v) is 4.50. The number of nitriles is 1. The number of benzene rings is 2. The predicted molar refractivity (Wildman–Crippen MR) is 110 cm³/mol. The number of aromatic nitrogens is 1. The molecule has 0 atom stereocenters. The second-order valence-corrected chi connectivity index (χ2v) is 6.35. The fraction of sp³-hybridized carbons (Fsp3) is 0.130. The SMILES string of the molecule is COc1ccc(-n2c(C)cc(/C=C(/C#N)C(=O)Nc3ccccc3)c2C)cc1. The molecule has 1 amide bonds. The number of nitrogens with one attached hydrogen (secondary N) is 1. The van der Waals surface area contributed by atoms with E-state index in [-0.39, 0.29) is 5.57 Å². The smallest absolute Gasteiger partial charge is 0.266 e. The summed E-state index contributed by atoms with van der Waals surface area (Å²) < 4.78 is 7.29. The number of carbonyl (C=O) groups is 1. The minimum Gasteiger partial charge on any atom is -0.497 e. The second-order valence-electron chi connectivity index (χ2n) is 6.35. The maximum atomic E-state index is 12.5. The van der Waals surface area contributed by atoms with Crippen molar-refractivity contribution >= 4 is 17.7 Å². The third-order valence-electron chi connectivity index (χ3n) is 4.50. The molecule has 0 aliphatic carbocycles. The van der Waals surface area contributed by atoms with Crippen molar-refractivity contribution in [3.63, 3.8) is 0 Å². The maximum absolute atomic E-state index is 12.5. The highest BCUT2D eigenvalue weighted by molar-refractivity contribution is 6.09. The van der Waals surface area contributed by atoms with Crippen LogP contribution < -0.4 is 10.1 Å². The molecule has 0 radical (unpaired) electrons. The molecule has 0 aliphatic rings. The average molecular weight is 371 g/mol. The number of amides is 1. The van der Waals surface area contributed by atoms with Crippen LogP contribution in [0.2, 0.25) is 0 Å². The van der Waals surface area contributed by atoms with Gasteiger partial charge in [-0.25, -0.2) is 0 Å². The molecule has 0 bridgehead atoms. The van der Waals surface area contributed by atoms with Gasteiger partial charge in [0.25, 0.3) is 5.91 Å². The number of aryl methyl sites for hydroxylation is 1. The molecule has 0 unspecified atom stereocenters. The molecule has 5 heteroatoms. The van der Waals surface area contributed by atoms with Gasteiger partial charge in [-0.05, 0) is 68.0 Å². The molecule has 3 aromatic rings. The van der Waals surface area contributed by atoms with Crippen molar-refractivity contribution in [1.82, 2.24) is 4.57 Å². The topological polar surface area (TPSA) is 67.0 Å². The van der Waals surface area contributed by atoms with Crippen molar-refractivity contribution < 1.29 is 9.53 Å². The van der Waals surface area contributed by atoms with E-state index >= 15 is 0 Å². The first kappa shape index (κ1) is 19.0. The van der Waals surface area contributed by atoms with E-state index in [0.717, 1.165) is 28.4 Å². The van der Waals surface area contributed by atoms with Crippen LogP contribution in [0.1, 0.15) is 17.0 Å². The Labute approximate surface area is 164 Å². The molecule has 0 saturated heterocycles. The molecule has 1 N–H and O–H groups in total. The van der Waals surface area contributed by atoms with Crippen molar-refractivity contribution in [3.05, 3.63) is 83.2 Å². The van der Waals surface area contributed by atoms with Gasteiger partial charge < -0.3 is 14.6 Å². The van der Waals surface area contributed by atoms with Crippen molar-refractivity contribution in [2.24, 2.45) is 0 Å². The number of methoxy groups -OCH3 is 1. The van der Waals surface area contributed by atoms with E-state index in [1.165, 1.54) is 0 Å². The van der Waals surface area contributed by atoms with Gasteiger partial charge in [0, 0.05) is 22.8 Å². The summed E-state index contributed by atoms with van der Waals surface area (Å²) in [6.07, 6.45) is 1.63. The molecule has 1 heterocycles. The number of rotatable bonds is 5. The van der Waals surface area contributed by atoms with Crippen LogP contribution in [-0.4, -0.2) is 17.6 Å². The monoisotopic (exact) mass is 371 g/mol. The third kappa shape index (κ3) is 3.97. The van der Waals surface area contributed by atoms with Crippen LogP contribution >= 0.6 is 0 Å². The summed E-state index contributed by atoms with van der Waals surface area (Å²) >= 11 is 0. The van der Waals surface area contributed by atoms with E-state index in [1.54, 1.807) is 25.3 Å². The molecule has 2 aromatic carbocycles.